The Bertz CT molecular complexity index is 432. The van der Waals surface area contributed by atoms with Gasteiger partial charge in [0.25, 0.3) is 0 Å². The van der Waals surface area contributed by atoms with Crippen LogP contribution >= 0.6 is 0 Å². The molecule has 0 atom stereocenters. The number of hydrogen-bond donors (Lipinski definition) is 2. The van der Waals surface area contributed by atoms with Crippen LogP contribution in [0.4, 0.5) is 11.4 Å². The quantitative estimate of drug-likeness (QED) is 0.805. The molecule has 0 radical (unpaired) electrons. The van der Waals surface area contributed by atoms with Gasteiger partial charge in [-0.1, -0.05) is 50.2 Å². The molecule has 0 spiro atoms. The Balaban J connectivity index is 1.82. The summed E-state index contributed by atoms with van der Waals surface area (Å²) in [5.41, 5.74) is 2.54. The largest absolute Gasteiger partial charge is 0.384 e. The Morgan fingerprint density at radius 2 is 1.05 bits per heavy atom. The van der Waals surface area contributed by atoms with Crippen LogP contribution in [0, 0.1) is 5.41 Å². The maximum Gasteiger partial charge on any atom is 0.0340 e. The first kappa shape index (κ1) is 13.5. The van der Waals surface area contributed by atoms with Gasteiger partial charge in [-0.2, -0.15) is 0 Å². The van der Waals surface area contributed by atoms with E-state index in [2.05, 4.69) is 73.0 Å². The summed E-state index contributed by atoms with van der Waals surface area (Å²) in [6.45, 7) is 6.41. The predicted molar refractivity (Wildman–Crippen MR) is 83.6 cm³/mol. The number of para-hydroxylation sites is 2. The number of benzene rings is 2. The molecule has 100 valence electrons. The van der Waals surface area contributed by atoms with Crippen molar-refractivity contribution in [2.45, 2.75) is 13.8 Å². The lowest BCUT2D eigenvalue weighted by molar-refractivity contribution is 0.419. The Morgan fingerprint density at radius 1 is 0.684 bits per heavy atom. The fourth-order valence-corrected chi connectivity index (χ4v) is 1.86. The molecule has 2 aromatic rings. The van der Waals surface area contributed by atoms with Crippen molar-refractivity contribution in [3.05, 3.63) is 60.7 Å². The van der Waals surface area contributed by atoms with Gasteiger partial charge in [0, 0.05) is 24.5 Å². The van der Waals surface area contributed by atoms with Crippen molar-refractivity contribution >= 4 is 11.4 Å². The highest BCUT2D eigenvalue weighted by Crippen LogP contribution is 2.18. The Hall–Kier alpha value is -1.96. The molecule has 0 saturated carbocycles. The molecule has 0 aliphatic carbocycles. The summed E-state index contributed by atoms with van der Waals surface area (Å²) >= 11 is 0. The van der Waals surface area contributed by atoms with Crippen LogP contribution in [-0.2, 0) is 0 Å². The lowest BCUT2D eigenvalue weighted by Gasteiger charge is -2.26. The van der Waals surface area contributed by atoms with Crippen LogP contribution in [0.1, 0.15) is 13.8 Å². The zero-order valence-corrected chi connectivity index (χ0v) is 11.7. The molecule has 2 N–H and O–H groups in total. The van der Waals surface area contributed by atoms with Gasteiger partial charge in [-0.3, -0.25) is 0 Å². The average Bonchev–Trinajstić information content (AvgIpc) is 2.46. The van der Waals surface area contributed by atoms with E-state index in [9.17, 15) is 0 Å². The SMILES string of the molecule is CC(C)(CNc1ccccc1)CNc1ccccc1. The Labute approximate surface area is 115 Å². The first-order valence-electron chi connectivity index (χ1n) is 6.74. The van der Waals surface area contributed by atoms with Gasteiger partial charge in [-0.25, -0.2) is 0 Å². The van der Waals surface area contributed by atoms with Gasteiger partial charge >= 0.3 is 0 Å². The summed E-state index contributed by atoms with van der Waals surface area (Å²) in [4.78, 5) is 0. The minimum absolute atomic E-state index is 0.186. The molecule has 2 aromatic carbocycles. The minimum Gasteiger partial charge on any atom is -0.384 e. The molecule has 0 unspecified atom stereocenters. The lowest BCUT2D eigenvalue weighted by atomic mass is 9.93. The van der Waals surface area contributed by atoms with E-state index in [1.54, 1.807) is 0 Å². The Morgan fingerprint density at radius 3 is 1.42 bits per heavy atom. The summed E-state index contributed by atoms with van der Waals surface area (Å²) in [7, 11) is 0. The zero-order valence-electron chi connectivity index (χ0n) is 11.7. The van der Waals surface area contributed by atoms with Crippen LogP contribution in [0.25, 0.3) is 0 Å². The van der Waals surface area contributed by atoms with Crippen molar-refractivity contribution in [2.75, 3.05) is 23.7 Å². The first-order valence-corrected chi connectivity index (χ1v) is 6.74. The molecule has 0 aromatic heterocycles. The van der Waals surface area contributed by atoms with Crippen molar-refractivity contribution in [3.8, 4) is 0 Å². The molecule has 2 rings (SSSR count). The number of anilines is 2. The van der Waals surface area contributed by atoms with Crippen LogP contribution in [0.3, 0.4) is 0 Å². The van der Waals surface area contributed by atoms with Gasteiger partial charge in [0.15, 0.2) is 0 Å². The molecular formula is C17H22N2. The van der Waals surface area contributed by atoms with E-state index in [1.165, 1.54) is 11.4 Å². The summed E-state index contributed by atoms with van der Waals surface area (Å²) in [5.74, 6) is 0. The van der Waals surface area contributed by atoms with Gasteiger partial charge in [0.05, 0.1) is 0 Å². The molecule has 0 heterocycles. The van der Waals surface area contributed by atoms with Crippen LogP contribution in [-0.4, -0.2) is 13.1 Å². The number of nitrogens with one attached hydrogen (secondary N) is 2. The summed E-state index contributed by atoms with van der Waals surface area (Å²) < 4.78 is 0. The lowest BCUT2D eigenvalue weighted by Crippen LogP contribution is -2.30. The van der Waals surface area contributed by atoms with E-state index in [1.807, 2.05) is 12.1 Å². The second-order valence-electron chi connectivity index (χ2n) is 5.60. The van der Waals surface area contributed by atoms with E-state index in [0.717, 1.165) is 13.1 Å². The van der Waals surface area contributed by atoms with Crippen LogP contribution in [0.2, 0.25) is 0 Å². The molecule has 2 heteroatoms. The molecule has 0 fully saturated rings. The summed E-state index contributed by atoms with van der Waals surface area (Å²) in [6.07, 6.45) is 0. The van der Waals surface area contributed by atoms with Crippen molar-refractivity contribution in [2.24, 2.45) is 5.41 Å². The fraction of sp³-hybridized carbons (Fsp3) is 0.294. The smallest absolute Gasteiger partial charge is 0.0340 e. The molecular weight excluding hydrogens is 232 g/mol. The van der Waals surface area contributed by atoms with Crippen molar-refractivity contribution in [1.29, 1.82) is 0 Å². The summed E-state index contributed by atoms with van der Waals surface area (Å²) in [6, 6.07) is 20.7. The van der Waals surface area contributed by atoms with Crippen molar-refractivity contribution in [3.63, 3.8) is 0 Å². The minimum atomic E-state index is 0.186. The van der Waals surface area contributed by atoms with E-state index in [-0.39, 0.29) is 5.41 Å². The molecule has 0 saturated heterocycles. The highest BCUT2D eigenvalue weighted by atomic mass is 14.9. The second kappa shape index (κ2) is 6.28. The molecule has 0 bridgehead atoms. The van der Waals surface area contributed by atoms with E-state index < -0.39 is 0 Å². The highest BCUT2D eigenvalue weighted by molar-refractivity contribution is 5.44. The molecule has 0 aliphatic rings. The maximum atomic E-state index is 3.48. The number of rotatable bonds is 6. The van der Waals surface area contributed by atoms with Crippen LogP contribution in [0.15, 0.2) is 60.7 Å². The number of hydrogen-bond acceptors (Lipinski definition) is 2. The zero-order chi connectivity index (χ0) is 13.6. The van der Waals surface area contributed by atoms with E-state index >= 15 is 0 Å². The van der Waals surface area contributed by atoms with E-state index in [0.29, 0.717) is 0 Å². The second-order valence-corrected chi connectivity index (χ2v) is 5.60. The third-order valence-corrected chi connectivity index (χ3v) is 3.09. The predicted octanol–water partition coefficient (Wildman–Crippen LogP) is 4.24. The topological polar surface area (TPSA) is 24.1 Å². The standard InChI is InChI=1S/C17H22N2/c1-17(2,13-18-15-9-5-3-6-10-15)14-19-16-11-7-4-8-12-16/h3-12,18-19H,13-14H2,1-2H3. The van der Waals surface area contributed by atoms with Crippen LogP contribution < -0.4 is 10.6 Å². The maximum absolute atomic E-state index is 3.48. The van der Waals surface area contributed by atoms with Crippen molar-refractivity contribution < 1.29 is 0 Å². The van der Waals surface area contributed by atoms with Gasteiger partial charge in [-0.15, -0.1) is 0 Å². The van der Waals surface area contributed by atoms with Crippen molar-refractivity contribution in [1.82, 2.24) is 0 Å². The Kier molecular flexibility index (Phi) is 4.45. The normalized spacial score (nSPS) is 11.1. The average molecular weight is 254 g/mol. The van der Waals surface area contributed by atoms with E-state index in [4.69, 9.17) is 0 Å². The van der Waals surface area contributed by atoms with Gasteiger partial charge in [0.1, 0.15) is 0 Å². The molecule has 19 heavy (non-hydrogen) atoms. The summed E-state index contributed by atoms with van der Waals surface area (Å²) in [5, 5.41) is 6.96. The highest BCUT2D eigenvalue weighted by Gasteiger charge is 2.17. The molecule has 0 amide bonds. The van der Waals surface area contributed by atoms with Gasteiger partial charge in [0.2, 0.25) is 0 Å². The third-order valence-electron chi connectivity index (χ3n) is 3.09. The molecule has 2 nitrogen and oxygen atoms in total. The fourth-order valence-electron chi connectivity index (χ4n) is 1.86. The first-order chi connectivity index (χ1) is 9.16. The van der Waals surface area contributed by atoms with Gasteiger partial charge < -0.3 is 10.6 Å². The monoisotopic (exact) mass is 254 g/mol. The molecule has 0 aliphatic heterocycles. The van der Waals surface area contributed by atoms with Gasteiger partial charge in [-0.05, 0) is 29.7 Å². The van der Waals surface area contributed by atoms with Crippen LogP contribution in [0.5, 0.6) is 0 Å². The third kappa shape index (κ3) is 4.66.